The minimum Gasteiger partial charge on any atom is -0.382 e. The molecule has 2 rings (SSSR count). The molecule has 0 spiro atoms. The van der Waals surface area contributed by atoms with Crippen LogP contribution in [0.1, 0.15) is 24.5 Å². The van der Waals surface area contributed by atoms with E-state index < -0.39 is 0 Å². The van der Waals surface area contributed by atoms with Crippen LogP contribution in [0, 0.1) is 5.92 Å². The molecule has 1 aromatic rings. The van der Waals surface area contributed by atoms with E-state index in [9.17, 15) is 4.79 Å². The molecule has 70 valence electrons. The highest BCUT2D eigenvalue weighted by Gasteiger charge is 2.37. The molecule has 1 aliphatic rings. The minimum atomic E-state index is -0.300. The van der Waals surface area contributed by atoms with Gasteiger partial charge in [-0.15, -0.1) is 0 Å². The molecule has 0 saturated heterocycles. The van der Waals surface area contributed by atoms with Gasteiger partial charge in [-0.3, -0.25) is 9.89 Å². The van der Waals surface area contributed by atoms with Crippen molar-refractivity contribution >= 4 is 11.7 Å². The van der Waals surface area contributed by atoms with Crippen molar-refractivity contribution < 1.29 is 4.79 Å². The largest absolute Gasteiger partial charge is 0.382 e. The fourth-order valence-electron chi connectivity index (χ4n) is 1.58. The zero-order chi connectivity index (χ0) is 9.42. The van der Waals surface area contributed by atoms with Gasteiger partial charge in [0.25, 0.3) is 0 Å². The van der Waals surface area contributed by atoms with E-state index in [-0.39, 0.29) is 11.8 Å². The molecule has 1 heterocycles. The fourth-order valence-corrected chi connectivity index (χ4v) is 1.58. The Kier molecular flexibility index (Phi) is 1.72. The van der Waals surface area contributed by atoms with Gasteiger partial charge in [-0.25, -0.2) is 0 Å². The number of rotatable bonds is 3. The van der Waals surface area contributed by atoms with Crippen LogP contribution in [-0.4, -0.2) is 16.1 Å². The summed E-state index contributed by atoms with van der Waals surface area (Å²) < 4.78 is 0. The number of nitrogens with zero attached hydrogens (tertiary/aromatic N) is 1. The van der Waals surface area contributed by atoms with Crippen LogP contribution >= 0.6 is 0 Å². The summed E-state index contributed by atoms with van der Waals surface area (Å²) in [5.41, 5.74) is 11.5. The molecule has 5 N–H and O–H groups in total. The molecule has 1 aromatic heterocycles. The molecule has 1 aliphatic carbocycles. The molecular weight excluding hydrogens is 168 g/mol. The summed E-state index contributed by atoms with van der Waals surface area (Å²) in [7, 11) is 0. The van der Waals surface area contributed by atoms with Crippen LogP contribution in [0.15, 0.2) is 6.07 Å². The van der Waals surface area contributed by atoms with Crippen molar-refractivity contribution in [2.75, 3.05) is 5.73 Å². The van der Waals surface area contributed by atoms with Crippen LogP contribution in [0.2, 0.25) is 0 Å². The number of hydrogen-bond acceptors (Lipinski definition) is 3. The zero-order valence-electron chi connectivity index (χ0n) is 7.16. The first-order valence-corrected chi connectivity index (χ1v) is 4.28. The molecule has 1 amide bonds. The lowest BCUT2D eigenvalue weighted by Gasteiger charge is -2.08. The van der Waals surface area contributed by atoms with Gasteiger partial charge in [0, 0.05) is 6.07 Å². The van der Waals surface area contributed by atoms with Crippen LogP contribution in [0.4, 0.5) is 5.82 Å². The predicted molar refractivity (Wildman–Crippen MR) is 47.7 cm³/mol. The van der Waals surface area contributed by atoms with Crippen molar-refractivity contribution in [2.24, 2.45) is 11.7 Å². The number of nitrogens with one attached hydrogen (secondary N) is 1. The normalized spacial score (nSPS) is 18.5. The second-order valence-corrected chi connectivity index (χ2v) is 3.47. The van der Waals surface area contributed by atoms with Gasteiger partial charge in [-0.1, -0.05) is 0 Å². The van der Waals surface area contributed by atoms with E-state index in [1.165, 1.54) is 0 Å². The summed E-state index contributed by atoms with van der Waals surface area (Å²) in [6.45, 7) is 0. The van der Waals surface area contributed by atoms with Crippen molar-refractivity contribution in [1.82, 2.24) is 10.2 Å². The fraction of sp³-hybridized carbons (Fsp3) is 0.500. The number of carbonyl (C=O) groups excluding carboxylic acids is 1. The third kappa shape index (κ3) is 1.49. The van der Waals surface area contributed by atoms with Gasteiger partial charge in [-0.2, -0.15) is 5.10 Å². The van der Waals surface area contributed by atoms with E-state index >= 15 is 0 Å². The molecule has 1 saturated carbocycles. The maximum absolute atomic E-state index is 11.1. The number of anilines is 1. The van der Waals surface area contributed by atoms with Gasteiger partial charge >= 0.3 is 0 Å². The van der Waals surface area contributed by atoms with Crippen LogP contribution in [0.25, 0.3) is 0 Å². The number of carbonyl (C=O) groups is 1. The van der Waals surface area contributed by atoms with Crippen molar-refractivity contribution in [1.29, 1.82) is 0 Å². The lowest BCUT2D eigenvalue weighted by molar-refractivity contribution is -0.119. The first-order valence-electron chi connectivity index (χ1n) is 4.28. The third-order valence-electron chi connectivity index (χ3n) is 2.35. The Bertz CT molecular complexity index is 329. The highest BCUT2D eigenvalue weighted by atomic mass is 16.1. The molecule has 0 aromatic carbocycles. The molecule has 13 heavy (non-hydrogen) atoms. The summed E-state index contributed by atoms with van der Waals surface area (Å²) >= 11 is 0. The molecule has 5 heteroatoms. The third-order valence-corrected chi connectivity index (χ3v) is 2.35. The Hall–Kier alpha value is -1.52. The number of aromatic nitrogens is 2. The SMILES string of the molecule is NC(=O)C(c1cc(N)n[nH]1)C1CC1. The van der Waals surface area contributed by atoms with Crippen LogP contribution < -0.4 is 11.5 Å². The van der Waals surface area contributed by atoms with Gasteiger partial charge in [0.2, 0.25) is 5.91 Å². The van der Waals surface area contributed by atoms with Crippen LogP contribution in [0.5, 0.6) is 0 Å². The number of primary amides is 1. The standard InChI is InChI=1S/C8H12N4O/c9-6-3-5(11-12-6)7(8(10)13)4-1-2-4/h3-4,7H,1-2H2,(H2,10,13)(H3,9,11,12). The Balaban J connectivity index is 2.24. The highest BCUT2D eigenvalue weighted by Crippen LogP contribution is 2.41. The maximum atomic E-state index is 11.1. The van der Waals surface area contributed by atoms with Gasteiger partial charge in [0.05, 0.1) is 11.6 Å². The quantitative estimate of drug-likeness (QED) is 0.609. The smallest absolute Gasteiger partial charge is 0.226 e. The van der Waals surface area contributed by atoms with Crippen molar-refractivity contribution in [2.45, 2.75) is 18.8 Å². The highest BCUT2D eigenvalue weighted by molar-refractivity contribution is 5.82. The average molecular weight is 180 g/mol. The van der Waals surface area contributed by atoms with E-state index in [0.717, 1.165) is 18.5 Å². The van der Waals surface area contributed by atoms with E-state index in [1.807, 2.05) is 0 Å². The Morgan fingerprint density at radius 3 is 2.77 bits per heavy atom. The molecule has 1 fully saturated rings. The molecule has 1 atom stereocenters. The van der Waals surface area contributed by atoms with E-state index in [1.54, 1.807) is 6.07 Å². The van der Waals surface area contributed by atoms with Gasteiger partial charge in [0.1, 0.15) is 5.82 Å². The predicted octanol–water partition coefficient (Wildman–Crippen LogP) is -0.0292. The second kappa shape index (κ2) is 2.76. The second-order valence-electron chi connectivity index (χ2n) is 3.47. The van der Waals surface area contributed by atoms with Gasteiger partial charge in [0.15, 0.2) is 0 Å². The Morgan fingerprint density at radius 2 is 2.38 bits per heavy atom. The van der Waals surface area contributed by atoms with E-state index in [2.05, 4.69) is 10.2 Å². The summed E-state index contributed by atoms with van der Waals surface area (Å²) in [5.74, 6) is 0.259. The number of nitrogens with two attached hydrogens (primary N) is 2. The van der Waals surface area contributed by atoms with Crippen molar-refractivity contribution in [3.8, 4) is 0 Å². The van der Waals surface area contributed by atoms with E-state index in [4.69, 9.17) is 11.5 Å². The average Bonchev–Trinajstić information content (AvgIpc) is 2.76. The van der Waals surface area contributed by atoms with Gasteiger partial charge in [-0.05, 0) is 18.8 Å². The molecule has 0 bridgehead atoms. The van der Waals surface area contributed by atoms with Crippen molar-refractivity contribution in [3.05, 3.63) is 11.8 Å². The lowest BCUT2D eigenvalue weighted by Crippen LogP contribution is -2.23. The molecular formula is C8H12N4O. The van der Waals surface area contributed by atoms with E-state index in [0.29, 0.717) is 11.7 Å². The van der Waals surface area contributed by atoms with Gasteiger partial charge < -0.3 is 11.5 Å². The number of hydrogen-bond donors (Lipinski definition) is 3. The molecule has 0 radical (unpaired) electrons. The monoisotopic (exact) mass is 180 g/mol. The molecule has 1 unspecified atom stereocenters. The topological polar surface area (TPSA) is 97.8 Å². The first-order chi connectivity index (χ1) is 6.18. The van der Waals surface area contributed by atoms with Crippen LogP contribution in [-0.2, 0) is 4.79 Å². The van der Waals surface area contributed by atoms with Crippen molar-refractivity contribution in [3.63, 3.8) is 0 Å². The summed E-state index contributed by atoms with van der Waals surface area (Å²) in [5, 5.41) is 6.51. The number of amides is 1. The molecule has 5 nitrogen and oxygen atoms in total. The number of aromatic amines is 1. The first kappa shape index (κ1) is 8.10. The summed E-state index contributed by atoms with van der Waals surface area (Å²) in [6.07, 6.45) is 2.12. The Labute approximate surface area is 75.5 Å². The zero-order valence-corrected chi connectivity index (χ0v) is 7.16. The minimum absolute atomic E-state index is 0.232. The summed E-state index contributed by atoms with van der Waals surface area (Å²) in [4.78, 5) is 11.1. The Morgan fingerprint density at radius 1 is 1.69 bits per heavy atom. The lowest BCUT2D eigenvalue weighted by atomic mass is 9.99. The maximum Gasteiger partial charge on any atom is 0.226 e. The summed E-state index contributed by atoms with van der Waals surface area (Å²) in [6, 6.07) is 1.67. The van der Waals surface area contributed by atoms with Crippen LogP contribution in [0.3, 0.4) is 0 Å². The number of H-pyrrole nitrogens is 1. The molecule has 0 aliphatic heterocycles. The number of nitrogen functional groups attached to an aromatic ring is 1.